The molecule has 0 amide bonds. The Morgan fingerprint density at radius 3 is 1.62 bits per heavy atom. The number of fused-ring (bicyclic) bond motifs is 7. The van der Waals surface area contributed by atoms with Gasteiger partial charge in [-0.3, -0.25) is 0 Å². The first-order valence-electron chi connectivity index (χ1n) is 25.1. The number of benzene rings is 9. The molecule has 0 saturated carbocycles. The lowest BCUT2D eigenvalue weighted by atomic mass is 9.70. The zero-order valence-electron chi connectivity index (χ0n) is 40.2. The monoisotopic (exact) mass is 891 g/mol. The lowest BCUT2D eigenvalue weighted by Crippen LogP contribution is -2.25. The third-order valence-corrected chi connectivity index (χ3v) is 15.6. The van der Waals surface area contributed by atoms with Gasteiger partial charge in [0.1, 0.15) is 0 Å². The summed E-state index contributed by atoms with van der Waals surface area (Å²) in [5, 5.41) is 2.53. The molecule has 1 heteroatoms. The summed E-state index contributed by atoms with van der Waals surface area (Å²) >= 11 is 0. The molecule has 0 heterocycles. The molecular weight excluding hydrogens is 831 g/mol. The molecule has 2 aliphatic carbocycles. The fourth-order valence-electron chi connectivity index (χ4n) is 12.1. The van der Waals surface area contributed by atoms with Gasteiger partial charge in [0.2, 0.25) is 0 Å². The Morgan fingerprint density at radius 2 is 0.928 bits per heavy atom. The Labute approximate surface area is 410 Å². The molecule has 9 aromatic rings. The molecule has 0 bridgehead atoms. The van der Waals surface area contributed by atoms with Gasteiger partial charge in [0, 0.05) is 27.9 Å². The van der Waals surface area contributed by atoms with Crippen LogP contribution in [0.25, 0.3) is 56.3 Å². The average Bonchev–Trinajstić information content (AvgIpc) is 3.80. The van der Waals surface area contributed by atoms with E-state index in [0.717, 1.165) is 57.1 Å². The Kier molecular flexibility index (Phi) is 11.8. The van der Waals surface area contributed by atoms with Gasteiger partial charge < -0.3 is 4.90 Å². The summed E-state index contributed by atoms with van der Waals surface area (Å²) in [6.07, 6.45) is 12.9. The van der Waals surface area contributed by atoms with Crippen LogP contribution in [0.1, 0.15) is 96.9 Å². The Balaban J connectivity index is 0.994. The van der Waals surface area contributed by atoms with Gasteiger partial charge in [-0.15, -0.1) is 0 Å². The minimum absolute atomic E-state index is 0.0787. The number of aryl methyl sites for hydroxylation is 2. The van der Waals surface area contributed by atoms with E-state index in [9.17, 15) is 0 Å². The summed E-state index contributed by atoms with van der Waals surface area (Å²) < 4.78 is 0. The highest BCUT2D eigenvalue weighted by molar-refractivity contribution is 5.97. The van der Waals surface area contributed by atoms with Crippen molar-refractivity contribution in [2.24, 2.45) is 0 Å². The van der Waals surface area contributed by atoms with Crippen molar-refractivity contribution in [2.45, 2.75) is 76.0 Å². The Hall–Kier alpha value is -7.48. The van der Waals surface area contributed by atoms with Crippen molar-refractivity contribution in [3.63, 3.8) is 0 Å². The average molecular weight is 892 g/mol. The number of hydrogen-bond acceptors (Lipinski definition) is 1. The molecule has 0 saturated heterocycles. The third kappa shape index (κ3) is 8.14. The van der Waals surface area contributed by atoms with Crippen LogP contribution in [0.4, 0.5) is 17.1 Å². The van der Waals surface area contributed by atoms with Crippen LogP contribution < -0.4 is 4.90 Å². The second kappa shape index (κ2) is 18.5. The zero-order chi connectivity index (χ0) is 47.0. The highest BCUT2D eigenvalue weighted by atomic mass is 15.1. The molecule has 1 nitrogen and oxygen atoms in total. The van der Waals surface area contributed by atoms with Crippen molar-refractivity contribution < 1.29 is 0 Å². The first-order chi connectivity index (χ1) is 33.8. The van der Waals surface area contributed by atoms with Crippen molar-refractivity contribution in [3.05, 3.63) is 258 Å². The van der Waals surface area contributed by atoms with Crippen LogP contribution in [0.3, 0.4) is 0 Å². The van der Waals surface area contributed by atoms with Crippen LogP contribution in [0.2, 0.25) is 0 Å². The summed E-state index contributed by atoms with van der Waals surface area (Å²) in [5.41, 5.74) is 22.1. The number of unbranched alkanes of at least 4 members (excludes halogenated alkanes) is 2. The molecule has 0 spiro atoms. The van der Waals surface area contributed by atoms with Gasteiger partial charge in [-0.05, 0) is 164 Å². The Morgan fingerprint density at radius 1 is 0.406 bits per heavy atom. The van der Waals surface area contributed by atoms with Gasteiger partial charge in [0.25, 0.3) is 0 Å². The van der Waals surface area contributed by atoms with Gasteiger partial charge in [-0.25, -0.2) is 0 Å². The fraction of sp³-hybridized carbons (Fsp3) is 0.176. The summed E-state index contributed by atoms with van der Waals surface area (Å²) in [6, 6.07) is 75.3. The molecule has 0 fully saturated rings. The van der Waals surface area contributed by atoms with E-state index in [1.54, 1.807) is 0 Å². The highest BCUT2D eigenvalue weighted by Crippen LogP contribution is 2.56. The minimum Gasteiger partial charge on any atom is -0.310 e. The van der Waals surface area contributed by atoms with Crippen molar-refractivity contribution >= 4 is 40.0 Å². The maximum Gasteiger partial charge on any atom is 0.0468 e. The molecule has 0 N–H and O–H groups in total. The van der Waals surface area contributed by atoms with Crippen LogP contribution in [-0.4, -0.2) is 0 Å². The van der Waals surface area contributed by atoms with E-state index in [1.807, 2.05) is 12.2 Å². The van der Waals surface area contributed by atoms with Gasteiger partial charge in [0.05, 0.1) is 0 Å². The first kappa shape index (κ1) is 44.1. The van der Waals surface area contributed by atoms with Crippen molar-refractivity contribution in [1.82, 2.24) is 0 Å². The van der Waals surface area contributed by atoms with Gasteiger partial charge in [0.15, 0.2) is 0 Å². The molecule has 9 aromatic carbocycles. The predicted molar refractivity (Wildman–Crippen MR) is 296 cm³/mol. The van der Waals surface area contributed by atoms with Crippen molar-refractivity contribution in [1.29, 1.82) is 0 Å². The van der Waals surface area contributed by atoms with Crippen LogP contribution in [-0.2, 0) is 23.7 Å². The topological polar surface area (TPSA) is 3.24 Å². The molecular formula is C68H61N. The lowest BCUT2D eigenvalue weighted by Gasteiger charge is -2.33. The normalized spacial score (nSPS) is 13.6. The minimum atomic E-state index is -0.120. The molecule has 338 valence electrons. The van der Waals surface area contributed by atoms with Crippen LogP contribution in [0, 0.1) is 0 Å². The molecule has 0 aliphatic heterocycles. The standard InChI is InChI=1S/C68H61N/c1-5-48-22-17-24-50(44-48)20-13-15-42-68(43-16-14-21-51-25-18-23-49(6-2)45-51)64-33-12-10-30-60(64)62-46-55(39-41-65(62)68)69(56-38-40-61-59-29-9-11-32-63(59)67(3,4)66(61)47-56)54-36-34-53(35-37-54)58-31-19-27-52-26-7-8-28-57(52)58/h5-12,17-19,22-41,44-47H,1-2,13-16,20-21,42-43H2,3-4H3. The molecule has 11 rings (SSSR count). The van der Waals surface area contributed by atoms with Crippen LogP contribution in [0.5, 0.6) is 0 Å². The number of anilines is 3. The van der Waals surface area contributed by atoms with E-state index in [1.165, 1.54) is 100 Å². The molecule has 0 unspecified atom stereocenters. The lowest BCUT2D eigenvalue weighted by molar-refractivity contribution is 0.407. The largest absolute Gasteiger partial charge is 0.310 e. The second-order valence-corrected chi connectivity index (χ2v) is 20.0. The zero-order valence-corrected chi connectivity index (χ0v) is 40.2. The van der Waals surface area contributed by atoms with E-state index in [4.69, 9.17) is 0 Å². The molecule has 69 heavy (non-hydrogen) atoms. The summed E-state index contributed by atoms with van der Waals surface area (Å²) in [4.78, 5) is 2.50. The van der Waals surface area contributed by atoms with E-state index in [-0.39, 0.29) is 10.8 Å². The SMILES string of the molecule is C=Cc1cccc(CCCCC2(CCCCc3cccc(C=C)c3)c3ccccc3-c3cc(N(c4ccc(-c5cccc6ccccc56)cc4)c4ccc5c(c4)C(C)(C)c4ccccc4-5)ccc32)c1. The van der Waals surface area contributed by atoms with E-state index in [0.29, 0.717) is 0 Å². The van der Waals surface area contributed by atoms with Crippen molar-refractivity contribution in [3.8, 4) is 33.4 Å². The van der Waals surface area contributed by atoms with Crippen LogP contribution >= 0.6 is 0 Å². The molecule has 2 aliphatic rings. The van der Waals surface area contributed by atoms with Gasteiger partial charge in [-0.1, -0.05) is 216 Å². The predicted octanol–water partition coefficient (Wildman–Crippen LogP) is 18.7. The van der Waals surface area contributed by atoms with Gasteiger partial charge in [-0.2, -0.15) is 0 Å². The van der Waals surface area contributed by atoms with Gasteiger partial charge >= 0.3 is 0 Å². The second-order valence-electron chi connectivity index (χ2n) is 20.0. The first-order valence-corrected chi connectivity index (χ1v) is 25.1. The number of nitrogens with zero attached hydrogens (tertiary/aromatic N) is 1. The summed E-state index contributed by atoms with van der Waals surface area (Å²) in [7, 11) is 0. The maximum absolute atomic E-state index is 4.03. The van der Waals surface area contributed by atoms with E-state index in [2.05, 4.69) is 232 Å². The summed E-state index contributed by atoms with van der Waals surface area (Å²) in [5.74, 6) is 0. The van der Waals surface area contributed by atoms with E-state index < -0.39 is 0 Å². The molecule has 0 radical (unpaired) electrons. The number of rotatable bonds is 16. The molecule has 0 aromatic heterocycles. The third-order valence-electron chi connectivity index (χ3n) is 15.6. The fourth-order valence-corrected chi connectivity index (χ4v) is 12.1. The van der Waals surface area contributed by atoms with Crippen LogP contribution in [0.15, 0.2) is 213 Å². The molecule has 0 atom stereocenters. The quantitative estimate of drug-likeness (QED) is 0.0874. The number of hydrogen-bond donors (Lipinski definition) is 0. The Bertz CT molecular complexity index is 3300. The highest BCUT2D eigenvalue weighted by Gasteiger charge is 2.42. The maximum atomic E-state index is 4.03. The van der Waals surface area contributed by atoms with E-state index >= 15 is 0 Å². The smallest absolute Gasteiger partial charge is 0.0468 e. The van der Waals surface area contributed by atoms with Crippen molar-refractivity contribution in [2.75, 3.05) is 4.90 Å². The summed E-state index contributed by atoms with van der Waals surface area (Å²) in [6.45, 7) is 12.8.